The maximum absolute atomic E-state index is 10.7. The summed E-state index contributed by atoms with van der Waals surface area (Å²) in [6.07, 6.45) is 13.5. The number of para-hydroxylation sites is 2. The van der Waals surface area contributed by atoms with Crippen LogP contribution in [0.1, 0.15) is 64.5 Å². The molecule has 0 atom stereocenters. The molecular formula is C32H38N2O2. The summed E-state index contributed by atoms with van der Waals surface area (Å²) >= 11 is 0. The molecule has 0 saturated heterocycles. The number of unbranched alkanes of at least 4 members (excludes halogenated alkanes) is 2. The van der Waals surface area contributed by atoms with Crippen LogP contribution in [0.3, 0.4) is 0 Å². The second kappa shape index (κ2) is 10.3. The number of allylic oxidation sites excluding steroid dienone is 6. The Morgan fingerprint density at radius 2 is 1.58 bits per heavy atom. The summed E-state index contributed by atoms with van der Waals surface area (Å²) in [5.41, 5.74) is 7.64. The number of nitrogens with zero attached hydrogens (tertiary/aromatic N) is 2. The van der Waals surface area contributed by atoms with E-state index in [1.54, 1.807) is 0 Å². The van der Waals surface area contributed by atoms with Crippen LogP contribution in [0, 0.1) is 0 Å². The maximum atomic E-state index is 10.7. The number of carboxylic acids is 1. The van der Waals surface area contributed by atoms with Crippen molar-refractivity contribution in [1.82, 2.24) is 0 Å². The lowest BCUT2D eigenvalue weighted by atomic mass is 9.81. The van der Waals surface area contributed by atoms with Gasteiger partial charge in [0.2, 0.25) is 5.69 Å². The van der Waals surface area contributed by atoms with Gasteiger partial charge >= 0.3 is 0 Å². The van der Waals surface area contributed by atoms with E-state index in [9.17, 15) is 9.90 Å². The quantitative estimate of drug-likeness (QED) is 0.258. The van der Waals surface area contributed by atoms with Crippen molar-refractivity contribution >= 4 is 23.1 Å². The van der Waals surface area contributed by atoms with E-state index < -0.39 is 5.97 Å². The monoisotopic (exact) mass is 482 g/mol. The number of carbonyl (C=O) groups is 1. The fourth-order valence-electron chi connectivity index (χ4n) is 5.76. The van der Waals surface area contributed by atoms with Gasteiger partial charge in [0.1, 0.15) is 7.05 Å². The van der Waals surface area contributed by atoms with Crippen LogP contribution in [-0.2, 0) is 15.6 Å². The topological polar surface area (TPSA) is 46.4 Å². The molecule has 2 heterocycles. The van der Waals surface area contributed by atoms with E-state index in [0.717, 1.165) is 19.4 Å². The van der Waals surface area contributed by atoms with Crippen LogP contribution in [0.25, 0.3) is 0 Å². The van der Waals surface area contributed by atoms with Gasteiger partial charge in [-0.3, -0.25) is 0 Å². The molecule has 4 rings (SSSR count). The molecule has 0 aliphatic carbocycles. The minimum absolute atomic E-state index is 0.0310. The first kappa shape index (κ1) is 25.7. The standard InChI is InChI=1S/C32H38N2O2/c1-31(2)24-16-11-13-18-26(24)33(5)28(31)20-8-6-9-21-29-32(3,4)25-17-12-14-19-27(25)34(29)23-15-7-10-22-30(35)36/h6,8-9,11-14,16-21H,7,10,15,22-23H2,1-5H3. The van der Waals surface area contributed by atoms with Crippen molar-refractivity contribution in [2.24, 2.45) is 0 Å². The molecule has 0 spiro atoms. The number of anilines is 1. The van der Waals surface area contributed by atoms with Crippen LogP contribution in [0.5, 0.6) is 0 Å². The highest BCUT2D eigenvalue weighted by Crippen LogP contribution is 2.47. The third-order valence-electron chi connectivity index (χ3n) is 7.73. The zero-order valence-electron chi connectivity index (χ0n) is 22.3. The van der Waals surface area contributed by atoms with Gasteiger partial charge in [-0.1, -0.05) is 74.9 Å². The van der Waals surface area contributed by atoms with Crippen LogP contribution in [0.15, 0.2) is 84.6 Å². The summed E-state index contributed by atoms with van der Waals surface area (Å²) < 4.78 is 2.29. The van der Waals surface area contributed by atoms with Crippen molar-refractivity contribution < 1.29 is 14.5 Å². The van der Waals surface area contributed by atoms with Gasteiger partial charge in [0.05, 0.1) is 5.41 Å². The third-order valence-corrected chi connectivity index (χ3v) is 7.73. The first-order valence-electron chi connectivity index (χ1n) is 13.0. The van der Waals surface area contributed by atoms with Gasteiger partial charge in [-0.15, -0.1) is 0 Å². The fourth-order valence-corrected chi connectivity index (χ4v) is 5.76. The van der Waals surface area contributed by atoms with Crippen molar-refractivity contribution in [3.63, 3.8) is 0 Å². The summed E-state index contributed by atoms with van der Waals surface area (Å²) in [5.74, 6) is -0.962. The van der Waals surface area contributed by atoms with Crippen molar-refractivity contribution in [1.29, 1.82) is 0 Å². The zero-order chi connectivity index (χ0) is 25.9. The van der Waals surface area contributed by atoms with E-state index >= 15 is 0 Å². The molecule has 0 radical (unpaired) electrons. The van der Waals surface area contributed by atoms with E-state index in [-0.39, 0.29) is 17.3 Å². The van der Waals surface area contributed by atoms with Gasteiger partial charge in [0.25, 0.3) is 0 Å². The second-order valence-electron chi connectivity index (χ2n) is 10.9. The Morgan fingerprint density at radius 3 is 2.31 bits per heavy atom. The van der Waals surface area contributed by atoms with Crippen molar-refractivity contribution in [3.05, 3.63) is 95.7 Å². The Bertz CT molecular complexity index is 1260. The number of rotatable bonds is 9. The third kappa shape index (κ3) is 4.82. The minimum atomic E-state index is -0.962. The lowest BCUT2D eigenvalue weighted by molar-refractivity contribution is -0.401. The Kier molecular flexibility index (Phi) is 7.35. The van der Waals surface area contributed by atoms with Crippen LogP contribution in [-0.4, -0.2) is 29.8 Å². The lowest BCUT2D eigenvalue weighted by Crippen LogP contribution is -2.27. The smallest absolute Gasteiger partial charge is 0.209 e. The molecule has 2 aliphatic rings. The molecule has 0 fully saturated rings. The van der Waals surface area contributed by atoms with Crippen LogP contribution in [0.4, 0.5) is 11.4 Å². The molecule has 0 saturated carbocycles. The van der Waals surface area contributed by atoms with Gasteiger partial charge in [-0.05, 0) is 50.8 Å². The number of benzene rings is 2. The SMILES string of the molecule is C[N+]1=C(/C=C/C=C/C=C2/N(CCCCCC(=O)[O-])c3ccccc3C2(C)C)C(C)(C)c2ccccc21. The number of hydrogen-bond donors (Lipinski definition) is 0. The van der Waals surface area contributed by atoms with Gasteiger partial charge in [0.15, 0.2) is 5.71 Å². The molecule has 36 heavy (non-hydrogen) atoms. The highest BCUT2D eigenvalue weighted by atomic mass is 16.4. The summed E-state index contributed by atoms with van der Waals surface area (Å²) in [6.45, 7) is 9.99. The lowest BCUT2D eigenvalue weighted by Gasteiger charge is -2.27. The second-order valence-corrected chi connectivity index (χ2v) is 10.9. The average molecular weight is 483 g/mol. The molecule has 188 valence electrons. The van der Waals surface area contributed by atoms with Crippen LogP contribution < -0.4 is 10.0 Å². The summed E-state index contributed by atoms with van der Waals surface area (Å²) in [6, 6.07) is 17.2. The molecule has 4 nitrogen and oxygen atoms in total. The number of aliphatic carboxylic acids is 1. The Hall–Kier alpha value is -3.40. The van der Waals surface area contributed by atoms with E-state index in [2.05, 4.69) is 123 Å². The molecular weight excluding hydrogens is 444 g/mol. The largest absolute Gasteiger partial charge is 0.550 e. The Balaban J connectivity index is 1.52. The maximum Gasteiger partial charge on any atom is 0.209 e. The molecule has 4 heteroatoms. The summed E-state index contributed by atoms with van der Waals surface area (Å²) in [5, 5.41) is 10.7. The molecule has 0 N–H and O–H groups in total. The summed E-state index contributed by atoms with van der Waals surface area (Å²) in [4.78, 5) is 13.1. The predicted octanol–water partition coefficient (Wildman–Crippen LogP) is 5.80. The first-order valence-corrected chi connectivity index (χ1v) is 13.0. The highest BCUT2D eigenvalue weighted by Gasteiger charge is 2.42. The van der Waals surface area contributed by atoms with Crippen LogP contribution in [0.2, 0.25) is 0 Å². The molecule has 2 aliphatic heterocycles. The molecule has 0 aromatic heterocycles. The highest BCUT2D eigenvalue weighted by molar-refractivity contribution is 6.03. The van der Waals surface area contributed by atoms with Crippen molar-refractivity contribution in [3.8, 4) is 0 Å². The summed E-state index contributed by atoms with van der Waals surface area (Å²) in [7, 11) is 2.14. The van der Waals surface area contributed by atoms with Gasteiger partial charge < -0.3 is 14.8 Å². The van der Waals surface area contributed by atoms with Gasteiger partial charge in [-0.2, -0.15) is 4.58 Å². The Labute approximate surface area is 216 Å². The van der Waals surface area contributed by atoms with Gasteiger partial charge in [0, 0.05) is 47.0 Å². The van der Waals surface area contributed by atoms with Crippen molar-refractivity contribution in [2.75, 3.05) is 18.5 Å². The molecule has 0 unspecified atom stereocenters. The first-order chi connectivity index (χ1) is 17.2. The zero-order valence-corrected chi connectivity index (χ0v) is 22.3. The molecule has 2 aromatic carbocycles. The minimum Gasteiger partial charge on any atom is -0.550 e. The average Bonchev–Trinajstić information content (AvgIpc) is 3.18. The van der Waals surface area contributed by atoms with Gasteiger partial charge in [-0.25, -0.2) is 0 Å². The number of carboxylic acid groups (broad SMARTS) is 1. The number of fused-ring (bicyclic) bond motifs is 2. The molecule has 2 aromatic rings. The van der Waals surface area contributed by atoms with E-state index in [1.807, 2.05) is 0 Å². The molecule has 0 bridgehead atoms. The van der Waals surface area contributed by atoms with E-state index in [4.69, 9.17) is 0 Å². The fraction of sp³-hybridized carbons (Fsp3) is 0.375. The predicted molar refractivity (Wildman–Crippen MR) is 147 cm³/mol. The normalized spacial score (nSPS) is 19.0. The van der Waals surface area contributed by atoms with E-state index in [1.165, 1.54) is 33.9 Å². The Morgan fingerprint density at radius 1 is 0.889 bits per heavy atom. The molecule has 0 amide bonds. The number of carbonyl (C=O) groups excluding carboxylic acids is 1. The number of hydrogen-bond acceptors (Lipinski definition) is 3. The van der Waals surface area contributed by atoms with Crippen molar-refractivity contribution in [2.45, 2.75) is 64.2 Å². The van der Waals surface area contributed by atoms with Crippen LogP contribution >= 0.6 is 0 Å². The van der Waals surface area contributed by atoms with E-state index in [0.29, 0.717) is 6.42 Å².